The molecule has 3 aromatic carbocycles. The molecule has 44 heavy (non-hydrogen) atoms. The van der Waals surface area contributed by atoms with E-state index < -0.39 is 17.9 Å². The SMILES string of the molecule is CCCCCC(=O)OC(CC(=O)NNC(=O)c1ccc(-c2nc(-c3ccccc3)c(-c3ccccc3)[nH]2)cc1)C[N+](C)(C)C. The Kier molecular flexibility index (Phi) is 11.0. The zero-order valence-electron chi connectivity index (χ0n) is 25.9. The van der Waals surface area contributed by atoms with Gasteiger partial charge in [-0.2, -0.15) is 0 Å². The number of hydrazine groups is 1. The zero-order valence-corrected chi connectivity index (χ0v) is 25.9. The number of carbonyl (C=O) groups is 3. The summed E-state index contributed by atoms with van der Waals surface area (Å²) < 4.78 is 6.14. The number of hydrogen-bond donors (Lipinski definition) is 3. The summed E-state index contributed by atoms with van der Waals surface area (Å²) in [5.41, 5.74) is 9.88. The summed E-state index contributed by atoms with van der Waals surface area (Å²) in [6.07, 6.45) is 2.39. The Bertz CT molecular complexity index is 1470. The highest BCUT2D eigenvalue weighted by Gasteiger charge is 2.25. The molecule has 9 nitrogen and oxygen atoms in total. The normalized spacial score (nSPS) is 11.9. The lowest BCUT2D eigenvalue weighted by Crippen LogP contribution is -2.47. The van der Waals surface area contributed by atoms with Gasteiger partial charge in [0.1, 0.15) is 12.4 Å². The van der Waals surface area contributed by atoms with Gasteiger partial charge in [-0.25, -0.2) is 4.98 Å². The molecule has 0 saturated heterocycles. The Labute approximate surface area is 259 Å². The molecule has 1 unspecified atom stereocenters. The molecule has 0 aliphatic heterocycles. The van der Waals surface area contributed by atoms with E-state index >= 15 is 0 Å². The van der Waals surface area contributed by atoms with E-state index in [0.717, 1.165) is 47.3 Å². The highest BCUT2D eigenvalue weighted by Crippen LogP contribution is 2.33. The third-order valence-corrected chi connectivity index (χ3v) is 7.00. The molecular formula is C35H42N5O4+. The Morgan fingerprint density at radius 2 is 1.45 bits per heavy atom. The molecule has 0 bridgehead atoms. The van der Waals surface area contributed by atoms with Gasteiger partial charge >= 0.3 is 5.97 Å². The quantitative estimate of drug-likeness (QED) is 0.0786. The number of imidazole rings is 1. The number of benzene rings is 3. The molecule has 1 heterocycles. The highest BCUT2D eigenvalue weighted by molar-refractivity contribution is 5.96. The van der Waals surface area contributed by atoms with Gasteiger partial charge in [0, 0.05) is 28.7 Å². The van der Waals surface area contributed by atoms with Crippen LogP contribution in [0.2, 0.25) is 0 Å². The van der Waals surface area contributed by atoms with Crippen molar-refractivity contribution >= 4 is 17.8 Å². The maximum absolute atomic E-state index is 12.8. The van der Waals surface area contributed by atoms with Gasteiger partial charge in [0.25, 0.3) is 5.91 Å². The van der Waals surface area contributed by atoms with Crippen LogP contribution in [0, 0.1) is 0 Å². The fraction of sp³-hybridized carbons (Fsp3) is 0.314. The van der Waals surface area contributed by atoms with Crippen molar-refractivity contribution in [2.75, 3.05) is 27.7 Å². The summed E-state index contributed by atoms with van der Waals surface area (Å²) in [5, 5.41) is 0. The van der Waals surface area contributed by atoms with Gasteiger partial charge in [0.2, 0.25) is 5.91 Å². The molecule has 0 spiro atoms. The van der Waals surface area contributed by atoms with Crippen LogP contribution in [-0.2, 0) is 14.3 Å². The van der Waals surface area contributed by atoms with Crippen LogP contribution in [0.25, 0.3) is 33.9 Å². The number of unbranched alkanes of at least 4 members (excludes halogenated alkanes) is 2. The molecule has 9 heteroatoms. The van der Waals surface area contributed by atoms with Gasteiger partial charge < -0.3 is 14.2 Å². The Morgan fingerprint density at radius 3 is 2.07 bits per heavy atom. The summed E-state index contributed by atoms with van der Waals surface area (Å²) in [4.78, 5) is 46.2. The first-order valence-corrected chi connectivity index (χ1v) is 15.0. The largest absolute Gasteiger partial charge is 0.456 e. The topological polar surface area (TPSA) is 113 Å². The highest BCUT2D eigenvalue weighted by atomic mass is 16.5. The standard InChI is InChI=1S/C35H41N5O4/c1-5-6-9-18-31(42)44-29(24-40(2,3)4)23-30(41)38-39-35(43)28-21-19-27(20-22-28)34-36-32(25-14-10-7-11-15-25)33(37-34)26-16-12-8-13-17-26/h7-8,10-17,19-22,29H,5-6,9,18,23-24H2,1-4H3,(H2-,36,37,38,39,41,43)/p+1. The van der Waals surface area contributed by atoms with Gasteiger partial charge in [0.05, 0.1) is 39.0 Å². The van der Waals surface area contributed by atoms with E-state index in [1.807, 2.05) is 93.9 Å². The van der Waals surface area contributed by atoms with Crippen molar-refractivity contribution in [2.45, 2.75) is 45.1 Å². The summed E-state index contributed by atoms with van der Waals surface area (Å²) >= 11 is 0. The number of ether oxygens (including phenoxy) is 1. The van der Waals surface area contributed by atoms with E-state index in [1.165, 1.54) is 0 Å². The minimum Gasteiger partial charge on any atom is -0.456 e. The van der Waals surface area contributed by atoms with Crippen LogP contribution >= 0.6 is 0 Å². The minimum absolute atomic E-state index is 0.0553. The predicted molar refractivity (Wildman–Crippen MR) is 172 cm³/mol. The minimum atomic E-state index is -0.602. The first-order valence-electron chi connectivity index (χ1n) is 15.0. The van der Waals surface area contributed by atoms with Crippen molar-refractivity contribution in [1.29, 1.82) is 0 Å². The Balaban J connectivity index is 1.40. The lowest BCUT2D eigenvalue weighted by molar-refractivity contribution is -0.873. The number of likely N-dealkylation sites (N-methyl/N-ethyl adjacent to an activating group) is 1. The van der Waals surface area contributed by atoms with Crippen LogP contribution in [0.15, 0.2) is 84.9 Å². The predicted octanol–water partition coefficient (Wildman–Crippen LogP) is 5.76. The molecule has 1 atom stereocenters. The van der Waals surface area contributed by atoms with Crippen LogP contribution in [0.5, 0.6) is 0 Å². The van der Waals surface area contributed by atoms with Crippen molar-refractivity contribution in [3.63, 3.8) is 0 Å². The van der Waals surface area contributed by atoms with Crippen molar-refractivity contribution in [3.8, 4) is 33.9 Å². The van der Waals surface area contributed by atoms with Crippen LogP contribution in [-0.4, -0.2) is 66.0 Å². The van der Waals surface area contributed by atoms with Crippen molar-refractivity contribution < 1.29 is 23.6 Å². The molecule has 0 aliphatic carbocycles. The first-order chi connectivity index (χ1) is 21.1. The van der Waals surface area contributed by atoms with Crippen molar-refractivity contribution in [3.05, 3.63) is 90.5 Å². The average Bonchev–Trinajstić information content (AvgIpc) is 3.46. The number of amides is 2. The first kappa shape index (κ1) is 32.2. The molecule has 230 valence electrons. The smallest absolute Gasteiger partial charge is 0.306 e. The van der Waals surface area contributed by atoms with Crippen molar-refractivity contribution in [1.82, 2.24) is 20.8 Å². The molecule has 0 aliphatic rings. The van der Waals surface area contributed by atoms with Gasteiger partial charge in [-0.05, 0) is 18.6 Å². The number of nitrogens with one attached hydrogen (secondary N) is 3. The number of aromatic nitrogens is 2. The van der Waals surface area contributed by atoms with E-state index in [2.05, 4.69) is 22.8 Å². The molecule has 3 N–H and O–H groups in total. The summed E-state index contributed by atoms with van der Waals surface area (Å²) in [7, 11) is 5.90. The van der Waals surface area contributed by atoms with Crippen LogP contribution in [0.1, 0.15) is 49.4 Å². The lowest BCUT2D eigenvalue weighted by Gasteiger charge is -2.28. The van der Waals surface area contributed by atoms with E-state index in [9.17, 15) is 14.4 Å². The van der Waals surface area contributed by atoms with Crippen LogP contribution < -0.4 is 10.9 Å². The molecule has 1 aromatic heterocycles. The second-order valence-electron chi connectivity index (χ2n) is 11.9. The number of nitrogens with zero attached hydrogens (tertiary/aromatic N) is 2. The van der Waals surface area contributed by atoms with E-state index in [-0.39, 0.29) is 12.4 Å². The number of quaternary nitrogens is 1. The van der Waals surface area contributed by atoms with E-state index in [0.29, 0.717) is 28.8 Å². The number of H-pyrrole nitrogens is 1. The van der Waals surface area contributed by atoms with Gasteiger partial charge in [-0.1, -0.05) is 92.6 Å². The second kappa shape index (κ2) is 15.1. The van der Waals surface area contributed by atoms with Crippen LogP contribution in [0.3, 0.4) is 0 Å². The maximum Gasteiger partial charge on any atom is 0.306 e. The van der Waals surface area contributed by atoms with E-state index in [1.54, 1.807) is 12.1 Å². The third-order valence-electron chi connectivity index (χ3n) is 7.00. The second-order valence-corrected chi connectivity index (χ2v) is 11.9. The maximum atomic E-state index is 12.8. The number of rotatable bonds is 13. The summed E-state index contributed by atoms with van der Waals surface area (Å²) in [5.74, 6) is -0.529. The Morgan fingerprint density at radius 1 is 0.818 bits per heavy atom. The summed E-state index contributed by atoms with van der Waals surface area (Å²) in [6.45, 7) is 2.54. The van der Waals surface area contributed by atoms with E-state index in [4.69, 9.17) is 9.72 Å². The van der Waals surface area contributed by atoms with Gasteiger partial charge in [-0.3, -0.25) is 25.2 Å². The zero-order chi connectivity index (χ0) is 31.5. The average molecular weight is 597 g/mol. The molecule has 0 fully saturated rings. The van der Waals surface area contributed by atoms with Crippen molar-refractivity contribution in [2.24, 2.45) is 0 Å². The summed E-state index contributed by atoms with van der Waals surface area (Å²) in [6, 6.07) is 27.0. The fourth-order valence-electron chi connectivity index (χ4n) is 4.88. The number of hydrogen-bond acceptors (Lipinski definition) is 5. The third kappa shape index (κ3) is 9.37. The molecule has 4 aromatic rings. The lowest BCUT2D eigenvalue weighted by atomic mass is 10.1. The number of aromatic amines is 1. The van der Waals surface area contributed by atoms with Crippen LogP contribution in [0.4, 0.5) is 0 Å². The molecule has 2 amide bonds. The van der Waals surface area contributed by atoms with Gasteiger partial charge in [-0.15, -0.1) is 0 Å². The monoisotopic (exact) mass is 596 g/mol. The molecule has 0 saturated carbocycles. The Hall–Kier alpha value is -4.76. The number of esters is 1. The fourth-order valence-corrected chi connectivity index (χ4v) is 4.88. The molecular weight excluding hydrogens is 554 g/mol. The molecule has 0 radical (unpaired) electrons. The number of carbonyl (C=O) groups excluding carboxylic acids is 3. The molecule has 4 rings (SSSR count). The van der Waals surface area contributed by atoms with Gasteiger partial charge in [0.15, 0.2) is 6.10 Å².